The van der Waals surface area contributed by atoms with Crippen LogP contribution in [-0.4, -0.2) is 12.1 Å². The molecule has 108 valence electrons. The molecule has 4 heteroatoms. The molecule has 0 atom stereocenters. The first-order chi connectivity index (χ1) is 9.46. The quantitative estimate of drug-likeness (QED) is 0.900. The molecule has 20 heavy (non-hydrogen) atoms. The minimum Gasteiger partial charge on any atom is -0.497 e. The molecular formula is C16H22N2O2. The molecule has 0 aliphatic rings. The van der Waals surface area contributed by atoms with Crippen molar-refractivity contribution in [3.05, 3.63) is 39.7 Å². The van der Waals surface area contributed by atoms with E-state index in [0.717, 1.165) is 29.8 Å². The van der Waals surface area contributed by atoms with Crippen molar-refractivity contribution in [2.45, 2.75) is 39.2 Å². The van der Waals surface area contributed by atoms with Crippen molar-refractivity contribution in [2.75, 3.05) is 7.11 Å². The van der Waals surface area contributed by atoms with Gasteiger partial charge in [0.2, 0.25) is 0 Å². The van der Waals surface area contributed by atoms with Gasteiger partial charge in [0.1, 0.15) is 5.75 Å². The van der Waals surface area contributed by atoms with Crippen LogP contribution in [0.5, 0.6) is 5.75 Å². The summed E-state index contributed by atoms with van der Waals surface area (Å²) in [4.78, 5) is 16.1. The van der Waals surface area contributed by atoms with Crippen LogP contribution in [0.15, 0.2) is 23.0 Å². The molecule has 0 aliphatic carbocycles. The third-order valence-corrected chi connectivity index (χ3v) is 4.16. The summed E-state index contributed by atoms with van der Waals surface area (Å²) < 4.78 is 5.20. The van der Waals surface area contributed by atoms with Crippen molar-refractivity contribution >= 4 is 10.9 Å². The smallest absolute Gasteiger partial charge is 0.194 e. The van der Waals surface area contributed by atoms with Crippen LogP contribution in [0, 0.1) is 6.92 Å². The Morgan fingerprint density at radius 3 is 2.50 bits per heavy atom. The lowest BCUT2D eigenvalue weighted by Crippen LogP contribution is -2.41. The summed E-state index contributed by atoms with van der Waals surface area (Å²) in [5, 5.41) is 0.656. The van der Waals surface area contributed by atoms with Crippen LogP contribution in [0.25, 0.3) is 10.9 Å². The second-order valence-corrected chi connectivity index (χ2v) is 5.23. The second kappa shape index (κ2) is 5.29. The van der Waals surface area contributed by atoms with Crippen molar-refractivity contribution in [1.29, 1.82) is 0 Å². The Kier molecular flexibility index (Phi) is 3.86. The summed E-state index contributed by atoms with van der Waals surface area (Å²) in [6, 6.07) is 5.43. The number of aromatic amines is 1. The maximum Gasteiger partial charge on any atom is 0.194 e. The molecule has 2 aromatic rings. The maximum absolute atomic E-state index is 12.8. The standard InChI is InChI=1S/C16H22N2O2/c1-5-16(17,6-2)14-10(3)18-13-9-11(20-4)7-8-12(13)15(14)19/h7-9H,5-6,17H2,1-4H3,(H,18,19). The summed E-state index contributed by atoms with van der Waals surface area (Å²) in [6.45, 7) is 5.93. The fourth-order valence-corrected chi connectivity index (χ4v) is 2.72. The number of fused-ring (bicyclic) bond motifs is 1. The van der Waals surface area contributed by atoms with Gasteiger partial charge in [-0.05, 0) is 31.9 Å². The van der Waals surface area contributed by atoms with Crippen molar-refractivity contribution in [1.82, 2.24) is 4.98 Å². The van der Waals surface area contributed by atoms with Crippen molar-refractivity contribution in [2.24, 2.45) is 5.73 Å². The van der Waals surface area contributed by atoms with Crippen LogP contribution < -0.4 is 15.9 Å². The number of aromatic nitrogens is 1. The van der Waals surface area contributed by atoms with E-state index in [1.54, 1.807) is 19.2 Å². The highest BCUT2D eigenvalue weighted by molar-refractivity contribution is 5.81. The fraction of sp³-hybridized carbons (Fsp3) is 0.438. The van der Waals surface area contributed by atoms with E-state index in [4.69, 9.17) is 10.5 Å². The highest BCUT2D eigenvalue weighted by Crippen LogP contribution is 2.27. The van der Waals surface area contributed by atoms with Gasteiger partial charge in [-0.25, -0.2) is 0 Å². The zero-order valence-corrected chi connectivity index (χ0v) is 12.5. The third-order valence-electron chi connectivity index (χ3n) is 4.16. The number of aryl methyl sites for hydroxylation is 1. The average Bonchev–Trinajstić information content (AvgIpc) is 2.46. The molecule has 0 amide bonds. The van der Waals surface area contributed by atoms with Crippen molar-refractivity contribution < 1.29 is 4.74 Å². The van der Waals surface area contributed by atoms with E-state index in [9.17, 15) is 4.79 Å². The summed E-state index contributed by atoms with van der Waals surface area (Å²) in [6.07, 6.45) is 1.46. The van der Waals surface area contributed by atoms with Gasteiger partial charge >= 0.3 is 0 Å². The van der Waals surface area contributed by atoms with E-state index in [2.05, 4.69) is 4.98 Å². The minimum atomic E-state index is -0.578. The monoisotopic (exact) mass is 274 g/mol. The van der Waals surface area contributed by atoms with Gasteiger partial charge in [-0.15, -0.1) is 0 Å². The molecule has 2 rings (SSSR count). The molecule has 4 nitrogen and oxygen atoms in total. The zero-order valence-electron chi connectivity index (χ0n) is 12.5. The molecule has 1 aromatic carbocycles. The molecular weight excluding hydrogens is 252 g/mol. The van der Waals surface area contributed by atoms with E-state index in [1.807, 2.05) is 26.8 Å². The predicted molar refractivity (Wildman–Crippen MR) is 82.3 cm³/mol. The molecule has 1 aromatic heterocycles. The Bertz CT molecular complexity index is 685. The van der Waals surface area contributed by atoms with E-state index in [0.29, 0.717) is 10.9 Å². The van der Waals surface area contributed by atoms with E-state index < -0.39 is 5.54 Å². The molecule has 0 spiro atoms. The lowest BCUT2D eigenvalue weighted by atomic mass is 9.84. The van der Waals surface area contributed by atoms with E-state index in [1.165, 1.54) is 0 Å². The Morgan fingerprint density at radius 2 is 1.95 bits per heavy atom. The SMILES string of the molecule is CCC(N)(CC)c1c(C)[nH]c2cc(OC)ccc2c1=O. The first kappa shape index (κ1) is 14.6. The molecule has 0 unspecified atom stereocenters. The summed E-state index contributed by atoms with van der Waals surface area (Å²) in [5.74, 6) is 0.727. The van der Waals surface area contributed by atoms with Crippen LogP contribution in [0.3, 0.4) is 0 Å². The van der Waals surface area contributed by atoms with Crippen LogP contribution in [0.1, 0.15) is 37.9 Å². The first-order valence-corrected chi connectivity index (χ1v) is 6.96. The van der Waals surface area contributed by atoms with E-state index >= 15 is 0 Å². The number of pyridine rings is 1. The van der Waals surface area contributed by atoms with Gasteiger partial charge in [-0.1, -0.05) is 13.8 Å². The van der Waals surface area contributed by atoms with E-state index in [-0.39, 0.29) is 5.43 Å². The Morgan fingerprint density at radius 1 is 1.30 bits per heavy atom. The number of benzene rings is 1. The number of rotatable bonds is 4. The van der Waals surface area contributed by atoms with Crippen molar-refractivity contribution in [3.8, 4) is 5.75 Å². The van der Waals surface area contributed by atoms with Gasteiger partial charge in [0, 0.05) is 28.2 Å². The van der Waals surface area contributed by atoms with Gasteiger partial charge < -0.3 is 15.5 Å². The molecule has 0 aliphatic heterocycles. The van der Waals surface area contributed by atoms with Crippen LogP contribution in [0.2, 0.25) is 0 Å². The summed E-state index contributed by atoms with van der Waals surface area (Å²) in [5.41, 5.74) is 8.18. The Hall–Kier alpha value is -1.81. The van der Waals surface area contributed by atoms with Crippen molar-refractivity contribution in [3.63, 3.8) is 0 Å². The molecule has 0 saturated carbocycles. The number of hydrogen-bond acceptors (Lipinski definition) is 3. The van der Waals surface area contributed by atoms with Gasteiger partial charge in [-0.2, -0.15) is 0 Å². The molecule has 0 bridgehead atoms. The third kappa shape index (κ3) is 2.20. The Balaban J connectivity index is 2.79. The van der Waals surface area contributed by atoms with Crippen LogP contribution in [-0.2, 0) is 5.54 Å². The summed E-state index contributed by atoms with van der Waals surface area (Å²) >= 11 is 0. The highest BCUT2D eigenvalue weighted by atomic mass is 16.5. The number of ether oxygens (including phenoxy) is 1. The molecule has 3 N–H and O–H groups in total. The second-order valence-electron chi connectivity index (χ2n) is 5.23. The Labute approximate surface area is 119 Å². The lowest BCUT2D eigenvalue weighted by molar-refractivity contribution is 0.406. The normalized spacial score (nSPS) is 11.8. The fourth-order valence-electron chi connectivity index (χ4n) is 2.72. The molecule has 1 heterocycles. The maximum atomic E-state index is 12.8. The van der Waals surface area contributed by atoms with Crippen LogP contribution in [0.4, 0.5) is 0 Å². The molecule has 0 saturated heterocycles. The number of methoxy groups -OCH3 is 1. The zero-order chi connectivity index (χ0) is 14.9. The average molecular weight is 274 g/mol. The predicted octanol–water partition coefficient (Wildman–Crippen LogP) is 2.82. The highest BCUT2D eigenvalue weighted by Gasteiger charge is 2.28. The van der Waals surface area contributed by atoms with Crippen LogP contribution >= 0.6 is 0 Å². The van der Waals surface area contributed by atoms with Gasteiger partial charge in [-0.3, -0.25) is 4.79 Å². The number of nitrogens with two attached hydrogens (primary N) is 1. The minimum absolute atomic E-state index is 0.0186. The summed E-state index contributed by atoms with van der Waals surface area (Å²) in [7, 11) is 1.61. The van der Waals surface area contributed by atoms with Gasteiger partial charge in [0.25, 0.3) is 0 Å². The first-order valence-electron chi connectivity index (χ1n) is 6.96. The largest absolute Gasteiger partial charge is 0.497 e. The molecule has 0 radical (unpaired) electrons. The number of nitrogens with one attached hydrogen (secondary N) is 1. The number of H-pyrrole nitrogens is 1. The topological polar surface area (TPSA) is 68.1 Å². The van der Waals surface area contributed by atoms with Gasteiger partial charge in [0.15, 0.2) is 5.43 Å². The lowest BCUT2D eigenvalue weighted by Gasteiger charge is -2.28. The molecule has 0 fully saturated rings. The van der Waals surface area contributed by atoms with Gasteiger partial charge in [0.05, 0.1) is 12.6 Å². The number of hydrogen-bond donors (Lipinski definition) is 2.